The van der Waals surface area contributed by atoms with Crippen LogP contribution in [-0.2, 0) is 22.4 Å². The van der Waals surface area contributed by atoms with Crippen LogP contribution in [0.25, 0.3) is 10.9 Å². The molecule has 0 saturated heterocycles. The number of pyridine rings is 1. The Morgan fingerprint density at radius 3 is 2.83 bits per heavy atom. The Bertz CT molecular complexity index is 991. The number of nitrogens with zero attached hydrogens (tertiary/aromatic N) is 2. The van der Waals surface area contributed by atoms with E-state index < -0.39 is 11.9 Å². The second-order valence-corrected chi connectivity index (χ2v) is 8.55. The number of ether oxygens (including phenoxy) is 1. The molecule has 0 unspecified atom stereocenters. The number of carbonyl (C=O) groups is 2. The van der Waals surface area contributed by atoms with E-state index in [4.69, 9.17) is 15.0 Å². The molecule has 0 radical (unpaired) electrons. The second kappa shape index (κ2) is 9.25. The number of benzene rings is 1. The van der Waals surface area contributed by atoms with Gasteiger partial charge in [0.15, 0.2) is 6.61 Å². The molecule has 0 fully saturated rings. The van der Waals surface area contributed by atoms with Gasteiger partial charge in [-0.05, 0) is 42.2 Å². The fraction of sp³-hybridized carbons (Fsp3) is 0.500. The average Bonchev–Trinajstić information content (AvgIpc) is 2.75. The minimum Gasteiger partial charge on any atom is -0.452 e. The predicted octanol–water partition coefficient (Wildman–Crippen LogP) is 3.96. The van der Waals surface area contributed by atoms with Crippen molar-refractivity contribution in [2.75, 3.05) is 13.2 Å². The van der Waals surface area contributed by atoms with Gasteiger partial charge >= 0.3 is 5.97 Å². The fourth-order valence-electron chi connectivity index (χ4n) is 4.09. The standard InChI is InChI=1S/C24H29N3O3/c1-4-24(2,3)16-10-11-20-18(14-16)22(17-8-5-6-9-19(17)27-20)23(29)30-15-21(28)26-13-7-12-25/h5-6,8-9,16H,4,7,10-11,13-15H2,1-3H3,(H,26,28)/t16-/m1/s1. The quantitative estimate of drug-likeness (QED) is 0.554. The summed E-state index contributed by atoms with van der Waals surface area (Å²) in [5.41, 5.74) is 3.40. The van der Waals surface area contributed by atoms with Gasteiger partial charge in [-0.2, -0.15) is 5.26 Å². The molecule has 1 N–H and O–H groups in total. The molecule has 6 heteroatoms. The number of nitrogens with one attached hydrogen (secondary N) is 1. The summed E-state index contributed by atoms with van der Waals surface area (Å²) in [5.74, 6) is -0.440. The third-order valence-corrected chi connectivity index (χ3v) is 6.37. The molecule has 1 aliphatic carbocycles. The average molecular weight is 408 g/mol. The maximum absolute atomic E-state index is 13.1. The van der Waals surface area contributed by atoms with Crippen molar-refractivity contribution in [1.29, 1.82) is 5.26 Å². The van der Waals surface area contributed by atoms with Crippen LogP contribution in [-0.4, -0.2) is 30.0 Å². The smallest absolute Gasteiger partial charge is 0.339 e. The van der Waals surface area contributed by atoms with Gasteiger partial charge in [0.25, 0.3) is 5.91 Å². The first kappa shape index (κ1) is 21.8. The molecule has 158 valence electrons. The molecular formula is C24H29N3O3. The first-order valence-corrected chi connectivity index (χ1v) is 10.6. The number of rotatable bonds is 7. The number of amides is 1. The van der Waals surface area contributed by atoms with Crippen LogP contribution < -0.4 is 5.32 Å². The number of aryl methyl sites for hydroxylation is 1. The minimum absolute atomic E-state index is 0.172. The summed E-state index contributed by atoms with van der Waals surface area (Å²) in [6.07, 6.45) is 3.96. The summed E-state index contributed by atoms with van der Waals surface area (Å²) < 4.78 is 5.38. The normalized spacial score (nSPS) is 15.9. The van der Waals surface area contributed by atoms with Gasteiger partial charge in [-0.25, -0.2) is 4.79 Å². The van der Waals surface area contributed by atoms with E-state index in [2.05, 4.69) is 26.1 Å². The van der Waals surface area contributed by atoms with Gasteiger partial charge in [0.05, 0.1) is 23.6 Å². The highest BCUT2D eigenvalue weighted by molar-refractivity contribution is 6.05. The Hall–Kier alpha value is -2.94. The predicted molar refractivity (Wildman–Crippen MR) is 115 cm³/mol. The number of nitriles is 1. The highest BCUT2D eigenvalue weighted by Gasteiger charge is 2.34. The van der Waals surface area contributed by atoms with Gasteiger partial charge < -0.3 is 10.1 Å². The number of fused-ring (bicyclic) bond motifs is 2. The van der Waals surface area contributed by atoms with Crippen molar-refractivity contribution >= 4 is 22.8 Å². The second-order valence-electron chi connectivity index (χ2n) is 8.55. The molecule has 0 spiro atoms. The van der Waals surface area contributed by atoms with E-state index >= 15 is 0 Å². The molecule has 6 nitrogen and oxygen atoms in total. The fourth-order valence-corrected chi connectivity index (χ4v) is 4.09. The summed E-state index contributed by atoms with van der Waals surface area (Å²) in [6, 6.07) is 9.55. The number of carbonyl (C=O) groups excluding carboxylic acids is 2. The molecule has 0 saturated carbocycles. The van der Waals surface area contributed by atoms with E-state index in [1.54, 1.807) is 0 Å². The SMILES string of the molecule is CCC(C)(C)[C@@H]1CCc2nc3ccccc3c(C(=O)OCC(=O)NCCC#N)c2C1. The summed E-state index contributed by atoms with van der Waals surface area (Å²) in [4.78, 5) is 29.9. The van der Waals surface area contributed by atoms with Crippen molar-refractivity contribution < 1.29 is 14.3 Å². The monoisotopic (exact) mass is 407 g/mol. The van der Waals surface area contributed by atoms with E-state index in [1.165, 1.54) is 0 Å². The van der Waals surface area contributed by atoms with Crippen LogP contribution in [0.4, 0.5) is 0 Å². The molecule has 30 heavy (non-hydrogen) atoms. The van der Waals surface area contributed by atoms with Crippen LogP contribution in [0.3, 0.4) is 0 Å². The molecule has 1 aliphatic rings. The Morgan fingerprint density at radius 1 is 1.33 bits per heavy atom. The molecule has 1 heterocycles. The molecule has 1 aromatic carbocycles. The summed E-state index contributed by atoms with van der Waals surface area (Å²) in [7, 11) is 0. The first-order valence-electron chi connectivity index (χ1n) is 10.6. The van der Waals surface area contributed by atoms with Crippen LogP contribution in [0.15, 0.2) is 24.3 Å². The third-order valence-electron chi connectivity index (χ3n) is 6.37. The maximum Gasteiger partial charge on any atom is 0.339 e. The Balaban J connectivity index is 1.91. The molecule has 1 atom stereocenters. The number of hydrogen-bond donors (Lipinski definition) is 1. The Morgan fingerprint density at radius 2 is 2.10 bits per heavy atom. The van der Waals surface area contributed by atoms with Crippen LogP contribution >= 0.6 is 0 Å². The van der Waals surface area contributed by atoms with E-state index in [1.807, 2.05) is 30.3 Å². The molecule has 3 rings (SSSR count). The Labute approximate surface area is 177 Å². The van der Waals surface area contributed by atoms with E-state index in [0.29, 0.717) is 11.5 Å². The summed E-state index contributed by atoms with van der Waals surface area (Å²) in [5, 5.41) is 11.9. The lowest BCUT2D eigenvalue weighted by Crippen LogP contribution is -2.32. The third kappa shape index (κ3) is 4.62. The van der Waals surface area contributed by atoms with Crippen LogP contribution in [0.2, 0.25) is 0 Å². The topological polar surface area (TPSA) is 92.1 Å². The zero-order valence-corrected chi connectivity index (χ0v) is 18.0. The highest BCUT2D eigenvalue weighted by Crippen LogP contribution is 2.41. The van der Waals surface area contributed by atoms with Crippen LogP contribution in [0, 0.1) is 22.7 Å². The van der Waals surface area contributed by atoms with E-state index in [-0.39, 0.29) is 25.0 Å². The van der Waals surface area contributed by atoms with Gasteiger partial charge in [-0.1, -0.05) is 45.4 Å². The lowest BCUT2D eigenvalue weighted by molar-refractivity contribution is -0.124. The van der Waals surface area contributed by atoms with Gasteiger partial charge in [0.2, 0.25) is 0 Å². The maximum atomic E-state index is 13.1. The van der Waals surface area contributed by atoms with E-state index in [0.717, 1.165) is 47.8 Å². The van der Waals surface area contributed by atoms with Gasteiger partial charge in [0, 0.05) is 17.6 Å². The van der Waals surface area contributed by atoms with Crippen molar-refractivity contribution in [2.24, 2.45) is 11.3 Å². The zero-order valence-electron chi connectivity index (χ0n) is 18.0. The number of hydrogen-bond acceptors (Lipinski definition) is 5. The van der Waals surface area contributed by atoms with Crippen LogP contribution in [0.5, 0.6) is 0 Å². The molecule has 1 amide bonds. The van der Waals surface area contributed by atoms with E-state index in [9.17, 15) is 9.59 Å². The molecule has 0 aliphatic heterocycles. The van der Waals surface area contributed by atoms with Crippen molar-refractivity contribution in [3.05, 3.63) is 41.1 Å². The lowest BCUT2D eigenvalue weighted by atomic mass is 9.68. The highest BCUT2D eigenvalue weighted by atomic mass is 16.5. The van der Waals surface area contributed by atoms with Gasteiger partial charge in [-0.15, -0.1) is 0 Å². The van der Waals surface area contributed by atoms with Crippen LogP contribution in [0.1, 0.15) is 61.6 Å². The molecular weight excluding hydrogens is 378 g/mol. The minimum atomic E-state index is -0.491. The number of para-hydroxylation sites is 1. The number of esters is 1. The molecule has 2 aromatic rings. The van der Waals surface area contributed by atoms with Crippen molar-refractivity contribution in [3.8, 4) is 6.07 Å². The van der Waals surface area contributed by atoms with Crippen molar-refractivity contribution in [2.45, 2.75) is 52.9 Å². The first-order chi connectivity index (χ1) is 14.4. The lowest BCUT2D eigenvalue weighted by Gasteiger charge is -2.37. The van der Waals surface area contributed by atoms with Gasteiger partial charge in [0.1, 0.15) is 0 Å². The zero-order chi connectivity index (χ0) is 21.7. The largest absolute Gasteiger partial charge is 0.452 e. The van der Waals surface area contributed by atoms with Crippen molar-refractivity contribution in [1.82, 2.24) is 10.3 Å². The number of aromatic nitrogens is 1. The summed E-state index contributed by atoms with van der Waals surface area (Å²) in [6.45, 7) is 6.64. The van der Waals surface area contributed by atoms with Gasteiger partial charge in [-0.3, -0.25) is 9.78 Å². The summed E-state index contributed by atoms with van der Waals surface area (Å²) >= 11 is 0. The van der Waals surface area contributed by atoms with Crippen molar-refractivity contribution in [3.63, 3.8) is 0 Å². The molecule has 1 aromatic heterocycles. The molecule has 0 bridgehead atoms. The Kier molecular flexibility index (Phi) is 6.71.